The molecule has 0 aliphatic heterocycles. The predicted octanol–water partition coefficient (Wildman–Crippen LogP) is 3.29. The fraction of sp³-hybridized carbons (Fsp3) is 0.0769. The Balaban J connectivity index is 1.82. The second-order valence-corrected chi connectivity index (χ2v) is 4.12. The minimum atomic E-state index is 0.786. The zero-order valence-corrected chi connectivity index (χ0v) is 10.2. The maximum atomic E-state index is 5.35. The molecule has 0 aromatic heterocycles. The van der Waals surface area contributed by atoms with Crippen molar-refractivity contribution in [3.05, 3.63) is 54.6 Å². The Morgan fingerprint density at radius 1 is 0.882 bits per heavy atom. The summed E-state index contributed by atoms with van der Waals surface area (Å²) >= 11 is 1.41. The Morgan fingerprint density at radius 3 is 2.24 bits per heavy atom. The molecule has 88 valence electrons. The standard InChI is InChI=1S/C13H13NO2S/c1-15-11-7-9-13(10-8-11)17-14-16-12-5-3-2-4-6-12/h2-10,14H,1H3. The SMILES string of the molecule is COc1ccc(SNOc2ccccc2)cc1. The largest absolute Gasteiger partial charge is 0.497 e. The van der Waals surface area contributed by atoms with Crippen LogP contribution in [0, 0.1) is 0 Å². The van der Waals surface area contributed by atoms with Gasteiger partial charge in [-0.15, -0.1) is 0 Å². The van der Waals surface area contributed by atoms with Crippen molar-refractivity contribution >= 4 is 11.9 Å². The second kappa shape index (κ2) is 6.18. The number of ether oxygens (including phenoxy) is 1. The smallest absolute Gasteiger partial charge is 0.148 e. The maximum Gasteiger partial charge on any atom is 0.148 e. The average molecular weight is 247 g/mol. The first-order chi connectivity index (χ1) is 8.38. The molecule has 0 saturated heterocycles. The summed E-state index contributed by atoms with van der Waals surface area (Å²) in [6, 6.07) is 17.3. The first kappa shape index (κ1) is 11.8. The number of hydrogen-bond acceptors (Lipinski definition) is 4. The van der Waals surface area contributed by atoms with Gasteiger partial charge >= 0.3 is 0 Å². The van der Waals surface area contributed by atoms with Gasteiger partial charge in [0, 0.05) is 4.90 Å². The quantitative estimate of drug-likeness (QED) is 0.649. The molecule has 2 rings (SSSR count). The molecule has 0 atom stereocenters. The second-order valence-electron chi connectivity index (χ2n) is 3.28. The fourth-order valence-corrected chi connectivity index (χ4v) is 1.76. The van der Waals surface area contributed by atoms with Crippen LogP contribution in [0.15, 0.2) is 59.5 Å². The molecule has 3 nitrogen and oxygen atoms in total. The minimum absolute atomic E-state index is 0.786. The van der Waals surface area contributed by atoms with Crippen molar-refractivity contribution in [2.75, 3.05) is 7.11 Å². The molecule has 0 bridgehead atoms. The molecular weight excluding hydrogens is 234 g/mol. The van der Waals surface area contributed by atoms with Crippen LogP contribution < -0.4 is 14.5 Å². The van der Waals surface area contributed by atoms with E-state index in [1.54, 1.807) is 7.11 Å². The van der Waals surface area contributed by atoms with Crippen LogP contribution in [-0.2, 0) is 0 Å². The Labute approximate surface area is 105 Å². The summed E-state index contributed by atoms with van der Waals surface area (Å²) in [6.07, 6.45) is 0. The number of para-hydroxylation sites is 1. The molecule has 0 spiro atoms. The van der Waals surface area contributed by atoms with E-state index < -0.39 is 0 Å². The Kier molecular flexibility index (Phi) is 4.30. The highest BCUT2D eigenvalue weighted by Gasteiger charge is 1.96. The van der Waals surface area contributed by atoms with Crippen LogP contribution in [-0.4, -0.2) is 7.11 Å². The molecule has 0 fully saturated rings. The molecule has 2 aromatic carbocycles. The van der Waals surface area contributed by atoms with Crippen LogP contribution in [0.2, 0.25) is 0 Å². The van der Waals surface area contributed by atoms with Crippen molar-refractivity contribution in [1.82, 2.24) is 4.89 Å². The monoisotopic (exact) mass is 247 g/mol. The first-order valence-corrected chi connectivity index (χ1v) is 5.98. The van der Waals surface area contributed by atoms with Crippen molar-refractivity contribution in [2.24, 2.45) is 0 Å². The van der Waals surface area contributed by atoms with Gasteiger partial charge < -0.3 is 9.57 Å². The predicted molar refractivity (Wildman–Crippen MR) is 69.1 cm³/mol. The maximum absolute atomic E-state index is 5.35. The molecule has 0 amide bonds. The number of nitrogens with one attached hydrogen (secondary N) is 1. The summed E-state index contributed by atoms with van der Waals surface area (Å²) in [5.41, 5.74) is 0. The number of hydrogen-bond donors (Lipinski definition) is 1. The average Bonchev–Trinajstić information content (AvgIpc) is 2.41. The van der Waals surface area contributed by atoms with E-state index in [0.29, 0.717) is 0 Å². The summed E-state index contributed by atoms with van der Waals surface area (Å²) in [4.78, 5) is 9.24. The third-order valence-corrected chi connectivity index (χ3v) is 2.80. The van der Waals surface area contributed by atoms with Gasteiger partial charge in [-0.1, -0.05) is 23.1 Å². The molecule has 4 heteroatoms. The number of methoxy groups -OCH3 is 1. The molecule has 0 saturated carbocycles. The van der Waals surface area contributed by atoms with E-state index in [1.165, 1.54) is 11.9 Å². The van der Waals surface area contributed by atoms with Crippen LogP contribution >= 0.6 is 11.9 Å². The zero-order valence-electron chi connectivity index (χ0n) is 9.42. The molecule has 1 N–H and O–H groups in total. The molecule has 2 aromatic rings. The number of rotatable bonds is 5. The minimum Gasteiger partial charge on any atom is -0.497 e. The van der Waals surface area contributed by atoms with Gasteiger partial charge in [-0.2, -0.15) is 0 Å². The van der Waals surface area contributed by atoms with Crippen LogP contribution in [0.25, 0.3) is 0 Å². The highest BCUT2D eigenvalue weighted by molar-refractivity contribution is 7.97. The van der Waals surface area contributed by atoms with E-state index in [2.05, 4.69) is 4.89 Å². The van der Waals surface area contributed by atoms with E-state index in [0.717, 1.165) is 16.4 Å². The normalized spacial score (nSPS) is 9.94. The van der Waals surface area contributed by atoms with Gasteiger partial charge in [0.25, 0.3) is 0 Å². The third-order valence-electron chi connectivity index (χ3n) is 2.12. The topological polar surface area (TPSA) is 30.5 Å². The zero-order chi connectivity index (χ0) is 11.9. The molecule has 0 aliphatic carbocycles. The Bertz CT molecular complexity index is 445. The van der Waals surface area contributed by atoms with Crippen LogP contribution in [0.5, 0.6) is 11.5 Å². The lowest BCUT2D eigenvalue weighted by molar-refractivity contribution is 0.285. The third kappa shape index (κ3) is 3.69. The van der Waals surface area contributed by atoms with Gasteiger partial charge in [-0.3, -0.25) is 0 Å². The van der Waals surface area contributed by atoms with Crippen molar-refractivity contribution in [3.63, 3.8) is 0 Å². The van der Waals surface area contributed by atoms with Crippen molar-refractivity contribution in [1.29, 1.82) is 0 Å². The molecule has 0 heterocycles. The lowest BCUT2D eigenvalue weighted by Gasteiger charge is -2.06. The summed E-state index contributed by atoms with van der Waals surface area (Å²) in [7, 11) is 1.65. The summed E-state index contributed by atoms with van der Waals surface area (Å²) in [5.74, 6) is 1.63. The van der Waals surface area contributed by atoms with Crippen molar-refractivity contribution in [2.45, 2.75) is 4.90 Å². The molecule has 0 aliphatic rings. The summed E-state index contributed by atoms with van der Waals surface area (Å²) in [6.45, 7) is 0. The summed E-state index contributed by atoms with van der Waals surface area (Å²) < 4.78 is 5.08. The molecular formula is C13H13NO2S. The van der Waals surface area contributed by atoms with Crippen molar-refractivity contribution in [3.8, 4) is 11.5 Å². The van der Waals surface area contributed by atoms with Gasteiger partial charge in [0.05, 0.1) is 7.11 Å². The van der Waals surface area contributed by atoms with E-state index >= 15 is 0 Å². The van der Waals surface area contributed by atoms with Crippen LogP contribution in [0.4, 0.5) is 0 Å². The van der Waals surface area contributed by atoms with Gasteiger partial charge in [0.1, 0.15) is 11.5 Å². The highest BCUT2D eigenvalue weighted by atomic mass is 32.2. The van der Waals surface area contributed by atoms with E-state index in [9.17, 15) is 0 Å². The molecule has 17 heavy (non-hydrogen) atoms. The van der Waals surface area contributed by atoms with Gasteiger partial charge in [0.15, 0.2) is 0 Å². The van der Waals surface area contributed by atoms with Gasteiger partial charge in [-0.05, 0) is 48.3 Å². The summed E-state index contributed by atoms with van der Waals surface area (Å²) in [5, 5.41) is 0. The van der Waals surface area contributed by atoms with Gasteiger partial charge in [-0.25, -0.2) is 0 Å². The molecule has 0 unspecified atom stereocenters. The van der Waals surface area contributed by atoms with Gasteiger partial charge in [0.2, 0.25) is 0 Å². The van der Waals surface area contributed by atoms with E-state index in [1.807, 2.05) is 54.6 Å². The number of benzene rings is 2. The lowest BCUT2D eigenvalue weighted by atomic mass is 10.3. The van der Waals surface area contributed by atoms with E-state index in [-0.39, 0.29) is 0 Å². The Morgan fingerprint density at radius 2 is 1.59 bits per heavy atom. The highest BCUT2D eigenvalue weighted by Crippen LogP contribution is 2.19. The van der Waals surface area contributed by atoms with Crippen LogP contribution in [0.3, 0.4) is 0 Å². The lowest BCUT2D eigenvalue weighted by Crippen LogP contribution is -2.08. The van der Waals surface area contributed by atoms with Crippen LogP contribution in [0.1, 0.15) is 0 Å². The fourth-order valence-electron chi connectivity index (χ4n) is 1.25. The molecule has 0 radical (unpaired) electrons. The van der Waals surface area contributed by atoms with Crippen molar-refractivity contribution < 1.29 is 9.57 Å². The first-order valence-electron chi connectivity index (χ1n) is 5.16. The van der Waals surface area contributed by atoms with E-state index in [4.69, 9.17) is 9.57 Å². The Hall–Kier alpha value is -1.65.